The van der Waals surface area contributed by atoms with Crippen molar-refractivity contribution in [3.8, 4) is 0 Å². The van der Waals surface area contributed by atoms with Crippen LogP contribution >= 0.6 is 34.8 Å². The van der Waals surface area contributed by atoms with Crippen LogP contribution in [0.2, 0.25) is 15.1 Å². The smallest absolute Gasteiger partial charge is 0.326 e. The molecule has 2 fully saturated rings. The van der Waals surface area contributed by atoms with Gasteiger partial charge in [-0.3, -0.25) is 4.79 Å². The van der Waals surface area contributed by atoms with Crippen molar-refractivity contribution in [2.24, 2.45) is 5.92 Å². The molecule has 0 aromatic heterocycles. The van der Waals surface area contributed by atoms with E-state index in [0.29, 0.717) is 33.0 Å². The molecule has 7 heteroatoms. The van der Waals surface area contributed by atoms with Crippen molar-refractivity contribution < 1.29 is 14.7 Å². The quantitative estimate of drug-likeness (QED) is 0.730. The number of nitrogens with zero attached hydrogens (tertiary/aromatic N) is 1. The number of carbonyl (C=O) groups excluding carboxylic acids is 1. The Kier molecular flexibility index (Phi) is 6.37. The highest BCUT2D eigenvalue weighted by atomic mass is 35.5. The van der Waals surface area contributed by atoms with Crippen LogP contribution < -0.4 is 0 Å². The molecule has 2 atom stereocenters. The summed E-state index contributed by atoms with van der Waals surface area (Å²) in [5, 5.41) is 10.7. The maximum atomic E-state index is 13.1. The molecule has 0 spiro atoms. The highest BCUT2D eigenvalue weighted by Gasteiger charge is 2.44. The minimum atomic E-state index is -0.940. The molecule has 3 rings (SSSR count). The van der Waals surface area contributed by atoms with Gasteiger partial charge in [-0.05, 0) is 49.3 Å². The lowest BCUT2D eigenvalue weighted by atomic mass is 9.83. The molecule has 1 amide bonds. The molecule has 1 aliphatic heterocycles. The summed E-state index contributed by atoms with van der Waals surface area (Å²) in [5.74, 6) is -0.783. The highest BCUT2D eigenvalue weighted by molar-refractivity contribution is 6.39. The lowest BCUT2D eigenvalue weighted by molar-refractivity contribution is -0.150. The Hall–Kier alpha value is -0.970. The number of hydrogen-bond donors (Lipinski definition) is 1. The first-order valence-electron chi connectivity index (χ1n) is 9.06. The first-order valence-corrected chi connectivity index (χ1v) is 10.2. The van der Waals surface area contributed by atoms with E-state index in [9.17, 15) is 14.7 Å². The summed E-state index contributed by atoms with van der Waals surface area (Å²) in [5.41, 5.74) is 0.501. The summed E-state index contributed by atoms with van der Waals surface area (Å²) >= 11 is 18.4. The number of carboxylic acids is 1. The molecule has 142 valence electrons. The van der Waals surface area contributed by atoms with Gasteiger partial charge in [-0.1, -0.05) is 54.1 Å². The van der Waals surface area contributed by atoms with E-state index in [-0.39, 0.29) is 18.4 Å². The second-order valence-electron chi connectivity index (χ2n) is 7.22. The van der Waals surface area contributed by atoms with Gasteiger partial charge in [0.15, 0.2) is 0 Å². The van der Waals surface area contributed by atoms with Crippen LogP contribution in [0, 0.1) is 5.92 Å². The molecule has 2 aliphatic rings. The first kappa shape index (κ1) is 19.8. The average Bonchev–Trinajstić information content (AvgIpc) is 3.04. The summed E-state index contributed by atoms with van der Waals surface area (Å²) in [4.78, 5) is 26.4. The van der Waals surface area contributed by atoms with Gasteiger partial charge in [0.1, 0.15) is 6.04 Å². The van der Waals surface area contributed by atoms with E-state index in [0.717, 1.165) is 32.1 Å². The van der Waals surface area contributed by atoms with E-state index >= 15 is 0 Å². The summed E-state index contributed by atoms with van der Waals surface area (Å²) in [6, 6.07) is 2.33. The number of aliphatic carboxylic acids is 1. The molecule has 1 saturated heterocycles. The lowest BCUT2D eigenvalue weighted by Crippen LogP contribution is -2.48. The van der Waals surface area contributed by atoms with Crippen molar-refractivity contribution in [1.29, 1.82) is 0 Å². The van der Waals surface area contributed by atoms with Gasteiger partial charge in [0.25, 0.3) is 0 Å². The fraction of sp³-hybridized carbons (Fsp3) is 0.579. The third-order valence-electron chi connectivity index (χ3n) is 5.63. The normalized spacial score (nSPS) is 24.0. The zero-order chi connectivity index (χ0) is 18.8. The minimum Gasteiger partial charge on any atom is -0.480 e. The Bertz CT molecular complexity index is 680. The molecule has 1 N–H and O–H groups in total. The van der Waals surface area contributed by atoms with Crippen LogP contribution in [0.3, 0.4) is 0 Å². The number of hydrogen-bond acceptors (Lipinski definition) is 2. The number of likely N-dealkylation sites (tertiary alicyclic amines) is 1. The van der Waals surface area contributed by atoms with Crippen LogP contribution in [-0.4, -0.2) is 34.0 Å². The summed E-state index contributed by atoms with van der Waals surface area (Å²) < 4.78 is 0. The van der Waals surface area contributed by atoms with Crippen LogP contribution in [0.25, 0.3) is 0 Å². The Balaban J connectivity index is 1.84. The van der Waals surface area contributed by atoms with Crippen molar-refractivity contribution in [1.82, 2.24) is 4.90 Å². The van der Waals surface area contributed by atoms with Crippen molar-refractivity contribution in [2.45, 2.75) is 63.5 Å². The van der Waals surface area contributed by atoms with Gasteiger partial charge in [0.05, 0.1) is 6.42 Å². The van der Waals surface area contributed by atoms with Gasteiger partial charge >= 0.3 is 5.97 Å². The molecule has 0 radical (unpaired) electrons. The Morgan fingerprint density at radius 3 is 2.19 bits per heavy atom. The van der Waals surface area contributed by atoms with Gasteiger partial charge in [0.2, 0.25) is 5.91 Å². The van der Waals surface area contributed by atoms with Crippen molar-refractivity contribution >= 4 is 46.7 Å². The van der Waals surface area contributed by atoms with Crippen molar-refractivity contribution in [2.75, 3.05) is 0 Å². The van der Waals surface area contributed by atoms with Gasteiger partial charge < -0.3 is 10.0 Å². The second kappa shape index (κ2) is 8.37. The molecule has 4 nitrogen and oxygen atoms in total. The molecule has 1 heterocycles. The van der Waals surface area contributed by atoms with Crippen LogP contribution in [0.1, 0.15) is 50.5 Å². The maximum absolute atomic E-state index is 13.1. The predicted octanol–water partition coefficient (Wildman–Crippen LogP) is 5.21. The Morgan fingerprint density at radius 1 is 1.00 bits per heavy atom. The topological polar surface area (TPSA) is 57.6 Å². The molecule has 0 bridgehead atoms. The summed E-state index contributed by atoms with van der Waals surface area (Å²) in [6.07, 6.45) is 6.87. The third kappa shape index (κ3) is 4.13. The fourth-order valence-electron chi connectivity index (χ4n) is 4.40. The molecule has 1 aromatic carbocycles. The largest absolute Gasteiger partial charge is 0.480 e. The average molecular weight is 419 g/mol. The maximum Gasteiger partial charge on any atom is 0.326 e. The SMILES string of the molecule is O=C(O)C1CCC(C2CCCCC2)N1C(=O)Cc1c(Cl)cc(Cl)cc1Cl. The minimum absolute atomic E-state index is 0.00579. The van der Waals surface area contributed by atoms with E-state index in [1.807, 2.05) is 0 Å². The van der Waals surface area contributed by atoms with Crippen LogP contribution in [0.4, 0.5) is 0 Å². The van der Waals surface area contributed by atoms with E-state index in [4.69, 9.17) is 34.8 Å². The zero-order valence-electron chi connectivity index (χ0n) is 14.4. The number of amides is 1. The lowest BCUT2D eigenvalue weighted by Gasteiger charge is -2.36. The molecular formula is C19H22Cl3NO3. The molecule has 2 unspecified atom stereocenters. The van der Waals surface area contributed by atoms with E-state index < -0.39 is 12.0 Å². The third-order valence-corrected chi connectivity index (χ3v) is 6.52. The number of rotatable bonds is 4. The van der Waals surface area contributed by atoms with Crippen LogP contribution in [0.5, 0.6) is 0 Å². The molecule has 1 aromatic rings. The van der Waals surface area contributed by atoms with Gasteiger partial charge in [0, 0.05) is 21.1 Å². The highest BCUT2D eigenvalue weighted by Crippen LogP contribution is 2.38. The fourth-order valence-corrected chi connectivity index (χ4v) is 5.36. The molecule has 1 saturated carbocycles. The molecular weight excluding hydrogens is 397 g/mol. The number of carbonyl (C=O) groups is 2. The second-order valence-corrected chi connectivity index (χ2v) is 8.47. The van der Waals surface area contributed by atoms with Gasteiger partial charge in [-0.2, -0.15) is 0 Å². The first-order chi connectivity index (χ1) is 12.4. The number of carboxylic acid groups (broad SMARTS) is 1. The van der Waals surface area contributed by atoms with Crippen LogP contribution in [0.15, 0.2) is 12.1 Å². The molecule has 26 heavy (non-hydrogen) atoms. The Labute approximate surface area is 168 Å². The van der Waals surface area contributed by atoms with E-state index in [1.54, 1.807) is 17.0 Å². The summed E-state index contributed by atoms with van der Waals surface area (Å²) in [7, 11) is 0. The van der Waals surface area contributed by atoms with E-state index in [2.05, 4.69) is 0 Å². The van der Waals surface area contributed by atoms with Gasteiger partial charge in [-0.15, -0.1) is 0 Å². The zero-order valence-corrected chi connectivity index (χ0v) is 16.7. The van der Waals surface area contributed by atoms with E-state index in [1.165, 1.54) is 6.42 Å². The Morgan fingerprint density at radius 2 is 1.62 bits per heavy atom. The standard InChI is InChI=1S/C19H22Cl3NO3/c20-12-8-14(21)13(15(22)9-12)10-18(24)23-16(6-7-17(23)19(25)26)11-4-2-1-3-5-11/h8-9,11,16-17H,1-7,10H2,(H,25,26). The van der Waals surface area contributed by atoms with Crippen molar-refractivity contribution in [3.63, 3.8) is 0 Å². The molecule has 1 aliphatic carbocycles. The van der Waals surface area contributed by atoms with Gasteiger partial charge in [-0.25, -0.2) is 4.79 Å². The van der Waals surface area contributed by atoms with Crippen molar-refractivity contribution in [3.05, 3.63) is 32.8 Å². The monoisotopic (exact) mass is 417 g/mol. The predicted molar refractivity (Wildman–Crippen MR) is 103 cm³/mol. The summed E-state index contributed by atoms with van der Waals surface area (Å²) in [6.45, 7) is 0. The number of benzene rings is 1. The number of halogens is 3. The van der Waals surface area contributed by atoms with Crippen LogP contribution in [-0.2, 0) is 16.0 Å².